The zero-order valence-electron chi connectivity index (χ0n) is 11.9. The van der Waals surface area contributed by atoms with Crippen LogP contribution in [0.2, 0.25) is 0 Å². The Morgan fingerprint density at radius 2 is 1.81 bits per heavy atom. The molecule has 0 atom stereocenters. The van der Waals surface area contributed by atoms with Crippen molar-refractivity contribution in [3.8, 4) is 0 Å². The maximum absolute atomic E-state index is 11.6. The average molecular weight is 282 g/mol. The minimum absolute atomic E-state index is 0.191. The molecule has 0 saturated heterocycles. The molecule has 1 aliphatic rings. The predicted octanol–water partition coefficient (Wildman–Crippen LogP) is 3.42. The second kappa shape index (κ2) is 5.83. The van der Waals surface area contributed by atoms with Crippen LogP contribution in [0.15, 0.2) is 42.6 Å². The molecule has 1 saturated carbocycles. The summed E-state index contributed by atoms with van der Waals surface area (Å²) in [7, 11) is 0. The third kappa shape index (κ3) is 3.95. The number of aryl methyl sites for hydroxylation is 1. The van der Waals surface area contributed by atoms with Crippen molar-refractivity contribution >= 4 is 23.2 Å². The van der Waals surface area contributed by atoms with Gasteiger partial charge in [-0.1, -0.05) is 17.7 Å². The lowest BCUT2D eigenvalue weighted by molar-refractivity contribution is 0.251. The lowest BCUT2D eigenvalue weighted by atomic mass is 10.2. The zero-order valence-corrected chi connectivity index (χ0v) is 11.9. The molecule has 2 amide bonds. The molecule has 5 nitrogen and oxygen atoms in total. The summed E-state index contributed by atoms with van der Waals surface area (Å²) in [6, 6.07) is 12.0. The maximum Gasteiger partial charge on any atom is 0.320 e. The van der Waals surface area contributed by atoms with Crippen LogP contribution in [0.1, 0.15) is 18.4 Å². The van der Waals surface area contributed by atoms with E-state index in [1.165, 1.54) is 5.56 Å². The number of hydrogen-bond acceptors (Lipinski definition) is 3. The van der Waals surface area contributed by atoms with E-state index < -0.39 is 0 Å². The number of nitrogens with zero attached hydrogens (tertiary/aromatic N) is 1. The number of pyridine rings is 1. The van der Waals surface area contributed by atoms with Crippen LogP contribution in [0.5, 0.6) is 0 Å². The number of urea groups is 1. The van der Waals surface area contributed by atoms with Crippen molar-refractivity contribution in [1.82, 2.24) is 10.3 Å². The van der Waals surface area contributed by atoms with E-state index >= 15 is 0 Å². The number of amides is 2. The van der Waals surface area contributed by atoms with Gasteiger partial charge in [0.25, 0.3) is 0 Å². The Hall–Kier alpha value is -2.56. The third-order valence-electron chi connectivity index (χ3n) is 3.26. The normalized spacial score (nSPS) is 13.6. The molecule has 0 aliphatic heterocycles. The fourth-order valence-corrected chi connectivity index (χ4v) is 1.91. The molecule has 108 valence electrons. The van der Waals surface area contributed by atoms with Crippen molar-refractivity contribution < 1.29 is 4.79 Å². The Bertz CT molecular complexity index is 618. The first kappa shape index (κ1) is 13.4. The number of carbonyl (C=O) groups is 1. The first-order chi connectivity index (χ1) is 10.2. The third-order valence-corrected chi connectivity index (χ3v) is 3.26. The van der Waals surface area contributed by atoms with E-state index in [-0.39, 0.29) is 6.03 Å². The lowest BCUT2D eigenvalue weighted by Crippen LogP contribution is -2.30. The molecule has 3 rings (SSSR count). The van der Waals surface area contributed by atoms with Gasteiger partial charge in [-0.3, -0.25) is 5.32 Å². The summed E-state index contributed by atoms with van der Waals surface area (Å²) in [4.78, 5) is 15.8. The average Bonchev–Trinajstić information content (AvgIpc) is 3.27. The Balaban J connectivity index is 1.58. The molecule has 0 bridgehead atoms. The van der Waals surface area contributed by atoms with Crippen LogP contribution in [-0.2, 0) is 0 Å². The topological polar surface area (TPSA) is 66.0 Å². The smallest absolute Gasteiger partial charge is 0.320 e. The van der Waals surface area contributed by atoms with Gasteiger partial charge in [0.05, 0.1) is 11.9 Å². The van der Waals surface area contributed by atoms with Crippen molar-refractivity contribution in [3.05, 3.63) is 48.2 Å². The molecule has 0 radical (unpaired) electrons. The van der Waals surface area contributed by atoms with Gasteiger partial charge < -0.3 is 10.6 Å². The summed E-state index contributed by atoms with van der Waals surface area (Å²) in [5.41, 5.74) is 3.11. The summed E-state index contributed by atoms with van der Waals surface area (Å²) in [5.74, 6) is 0.544. The number of hydrogen-bond donors (Lipinski definition) is 3. The van der Waals surface area contributed by atoms with E-state index in [0.29, 0.717) is 11.9 Å². The van der Waals surface area contributed by atoms with Crippen LogP contribution in [0.4, 0.5) is 22.0 Å². The molecular formula is C16H18N4O. The molecule has 0 unspecified atom stereocenters. The van der Waals surface area contributed by atoms with E-state index in [1.807, 2.05) is 30.3 Å². The minimum Gasteiger partial charge on any atom is -0.354 e. The van der Waals surface area contributed by atoms with Crippen molar-refractivity contribution in [2.45, 2.75) is 25.8 Å². The summed E-state index contributed by atoms with van der Waals surface area (Å²) >= 11 is 0. The quantitative estimate of drug-likeness (QED) is 0.805. The number of benzene rings is 1. The number of nitrogens with one attached hydrogen (secondary N) is 3. The molecule has 2 aromatic rings. The van der Waals surface area contributed by atoms with E-state index in [0.717, 1.165) is 24.2 Å². The first-order valence-electron chi connectivity index (χ1n) is 7.06. The second-order valence-corrected chi connectivity index (χ2v) is 5.30. The highest BCUT2D eigenvalue weighted by molar-refractivity contribution is 5.88. The van der Waals surface area contributed by atoms with Gasteiger partial charge in [-0.2, -0.15) is 0 Å². The van der Waals surface area contributed by atoms with Gasteiger partial charge in [0.15, 0.2) is 0 Å². The van der Waals surface area contributed by atoms with Gasteiger partial charge in [-0.15, -0.1) is 0 Å². The Kier molecular flexibility index (Phi) is 3.73. The highest BCUT2D eigenvalue weighted by atomic mass is 16.2. The molecule has 3 N–H and O–H groups in total. The molecule has 1 aromatic heterocycles. The Morgan fingerprint density at radius 3 is 2.43 bits per heavy atom. The van der Waals surface area contributed by atoms with Crippen molar-refractivity contribution in [1.29, 1.82) is 0 Å². The van der Waals surface area contributed by atoms with Gasteiger partial charge in [0, 0.05) is 11.7 Å². The molecule has 21 heavy (non-hydrogen) atoms. The zero-order chi connectivity index (χ0) is 14.7. The standard InChI is InChI=1S/C16H18N4O/c1-11-2-4-12(5-3-11)18-14-8-9-15(17-10-14)20-16(21)19-13-6-7-13/h2-5,8-10,13,18H,6-7H2,1H3,(H2,17,19,20,21). The van der Waals surface area contributed by atoms with Crippen LogP contribution in [-0.4, -0.2) is 17.1 Å². The van der Waals surface area contributed by atoms with Gasteiger partial charge in [0.1, 0.15) is 5.82 Å². The first-order valence-corrected chi connectivity index (χ1v) is 7.06. The van der Waals surface area contributed by atoms with Crippen molar-refractivity contribution in [2.24, 2.45) is 0 Å². The molecule has 1 heterocycles. The molecule has 1 aromatic carbocycles. The monoisotopic (exact) mass is 282 g/mol. The number of aromatic nitrogens is 1. The minimum atomic E-state index is -0.191. The van der Waals surface area contributed by atoms with Gasteiger partial charge in [-0.25, -0.2) is 9.78 Å². The summed E-state index contributed by atoms with van der Waals surface area (Å²) < 4.78 is 0. The van der Waals surface area contributed by atoms with E-state index in [1.54, 1.807) is 12.3 Å². The van der Waals surface area contributed by atoms with Crippen LogP contribution >= 0.6 is 0 Å². The molecule has 0 spiro atoms. The number of carbonyl (C=O) groups excluding carboxylic acids is 1. The predicted molar refractivity (Wildman–Crippen MR) is 83.9 cm³/mol. The number of rotatable bonds is 4. The second-order valence-electron chi connectivity index (χ2n) is 5.30. The Labute approximate surface area is 123 Å². The van der Waals surface area contributed by atoms with E-state index in [9.17, 15) is 4.79 Å². The molecule has 1 fully saturated rings. The number of anilines is 3. The van der Waals surface area contributed by atoms with Gasteiger partial charge in [0.2, 0.25) is 0 Å². The fraction of sp³-hybridized carbons (Fsp3) is 0.250. The van der Waals surface area contributed by atoms with Crippen molar-refractivity contribution in [2.75, 3.05) is 10.6 Å². The summed E-state index contributed by atoms with van der Waals surface area (Å²) in [6.45, 7) is 2.05. The largest absolute Gasteiger partial charge is 0.354 e. The van der Waals surface area contributed by atoms with E-state index in [4.69, 9.17) is 0 Å². The van der Waals surface area contributed by atoms with Crippen molar-refractivity contribution in [3.63, 3.8) is 0 Å². The Morgan fingerprint density at radius 1 is 1.10 bits per heavy atom. The summed E-state index contributed by atoms with van der Waals surface area (Å²) in [5, 5.41) is 8.84. The van der Waals surface area contributed by atoms with Gasteiger partial charge >= 0.3 is 6.03 Å². The molecular weight excluding hydrogens is 264 g/mol. The van der Waals surface area contributed by atoms with Crippen LogP contribution in [0.3, 0.4) is 0 Å². The summed E-state index contributed by atoms with van der Waals surface area (Å²) in [6.07, 6.45) is 3.84. The van der Waals surface area contributed by atoms with Gasteiger partial charge in [-0.05, 0) is 44.0 Å². The van der Waals surface area contributed by atoms with Crippen LogP contribution < -0.4 is 16.0 Å². The molecule has 1 aliphatic carbocycles. The lowest BCUT2D eigenvalue weighted by Gasteiger charge is -2.08. The SMILES string of the molecule is Cc1ccc(Nc2ccc(NC(=O)NC3CC3)nc2)cc1. The van der Waals surface area contributed by atoms with Crippen LogP contribution in [0, 0.1) is 6.92 Å². The van der Waals surface area contributed by atoms with Crippen LogP contribution in [0.25, 0.3) is 0 Å². The molecule has 5 heteroatoms. The highest BCUT2D eigenvalue weighted by Crippen LogP contribution is 2.19. The highest BCUT2D eigenvalue weighted by Gasteiger charge is 2.23. The van der Waals surface area contributed by atoms with E-state index in [2.05, 4.69) is 27.9 Å². The fourth-order valence-electron chi connectivity index (χ4n) is 1.91. The maximum atomic E-state index is 11.6.